The third-order valence-electron chi connectivity index (χ3n) is 3.64. The van der Waals surface area contributed by atoms with Gasteiger partial charge < -0.3 is 21.5 Å². The van der Waals surface area contributed by atoms with Crippen LogP contribution in [0.5, 0.6) is 5.75 Å². The number of carbonyl (C=O) groups excluding carboxylic acids is 3. The summed E-state index contributed by atoms with van der Waals surface area (Å²) in [5.74, 6) is -2.01. The molecule has 0 atom stereocenters. The van der Waals surface area contributed by atoms with Gasteiger partial charge in [-0.05, 0) is 12.1 Å². The van der Waals surface area contributed by atoms with Gasteiger partial charge in [0.05, 0.1) is 35.5 Å². The van der Waals surface area contributed by atoms with Crippen LogP contribution in [0.25, 0.3) is 10.9 Å². The fraction of sp³-hybridized carbons (Fsp3) is 0.133. The minimum Gasteiger partial charge on any atom is -0.507 e. The van der Waals surface area contributed by atoms with Gasteiger partial charge in [0, 0.05) is 12.6 Å². The number of benzene rings is 1. The van der Waals surface area contributed by atoms with Crippen LogP contribution >= 0.6 is 0 Å². The quantitative estimate of drug-likeness (QED) is 0.411. The van der Waals surface area contributed by atoms with Gasteiger partial charge in [-0.15, -0.1) is 0 Å². The van der Waals surface area contributed by atoms with Gasteiger partial charge in [0.1, 0.15) is 11.4 Å². The minimum atomic E-state index is -0.705. The first-order valence-electron chi connectivity index (χ1n) is 7.42. The van der Waals surface area contributed by atoms with Gasteiger partial charge in [-0.3, -0.25) is 24.2 Å². The number of hydrogen-bond donors (Lipinski definition) is 5. The van der Waals surface area contributed by atoms with E-state index in [1.54, 1.807) is 13.1 Å². The summed E-state index contributed by atoms with van der Waals surface area (Å²) < 4.78 is 1.52. The number of nitrogens with zero attached hydrogens (tertiary/aromatic N) is 3. The van der Waals surface area contributed by atoms with Gasteiger partial charge >= 0.3 is 0 Å². The topological polar surface area (TPSA) is 168 Å². The van der Waals surface area contributed by atoms with E-state index in [1.165, 1.54) is 23.1 Å². The molecule has 26 heavy (non-hydrogen) atoms. The molecule has 6 N–H and O–H groups in total. The molecule has 0 aliphatic rings. The second-order valence-electron chi connectivity index (χ2n) is 5.46. The van der Waals surface area contributed by atoms with Crippen LogP contribution in [0.3, 0.4) is 0 Å². The highest BCUT2D eigenvalue weighted by Crippen LogP contribution is 2.26. The Morgan fingerprint density at radius 1 is 1.27 bits per heavy atom. The van der Waals surface area contributed by atoms with Crippen LogP contribution in [0, 0.1) is 0 Å². The second-order valence-corrected chi connectivity index (χ2v) is 5.46. The Morgan fingerprint density at radius 2 is 2.04 bits per heavy atom. The first-order chi connectivity index (χ1) is 12.4. The van der Waals surface area contributed by atoms with E-state index in [0.29, 0.717) is 10.9 Å². The number of primary amides is 1. The normalized spacial score (nSPS) is 10.7. The van der Waals surface area contributed by atoms with Crippen molar-refractivity contribution in [2.45, 2.75) is 0 Å². The van der Waals surface area contributed by atoms with Crippen LogP contribution in [0.15, 0.2) is 24.5 Å². The molecule has 134 valence electrons. The van der Waals surface area contributed by atoms with Crippen molar-refractivity contribution >= 4 is 34.3 Å². The van der Waals surface area contributed by atoms with Crippen molar-refractivity contribution in [3.63, 3.8) is 0 Å². The lowest BCUT2D eigenvalue weighted by molar-refractivity contribution is -0.117. The summed E-state index contributed by atoms with van der Waals surface area (Å²) in [6.45, 7) is -0.351. The number of phenolic OH excluding ortho intramolecular Hbond substituents is 1. The van der Waals surface area contributed by atoms with E-state index in [1.807, 2.05) is 0 Å². The number of aromatic hydroxyl groups is 1. The molecule has 0 unspecified atom stereocenters. The molecule has 3 aromatic rings. The fourth-order valence-corrected chi connectivity index (χ4v) is 2.36. The van der Waals surface area contributed by atoms with Gasteiger partial charge in [0.2, 0.25) is 5.91 Å². The average Bonchev–Trinajstić information content (AvgIpc) is 3.20. The van der Waals surface area contributed by atoms with Crippen molar-refractivity contribution in [1.82, 2.24) is 25.3 Å². The van der Waals surface area contributed by atoms with E-state index < -0.39 is 17.7 Å². The number of nitrogens with two attached hydrogens (primary N) is 1. The number of amides is 3. The number of carbonyl (C=O) groups is 3. The van der Waals surface area contributed by atoms with Gasteiger partial charge in [0.15, 0.2) is 0 Å². The lowest BCUT2D eigenvalue weighted by Gasteiger charge is -2.07. The number of anilines is 1. The van der Waals surface area contributed by atoms with Crippen molar-refractivity contribution in [3.8, 4) is 5.75 Å². The molecule has 0 fully saturated rings. The first-order valence-corrected chi connectivity index (χ1v) is 7.42. The molecule has 3 amide bonds. The summed E-state index contributed by atoms with van der Waals surface area (Å²) in [5, 5.41) is 25.5. The van der Waals surface area contributed by atoms with Crippen molar-refractivity contribution in [2.75, 3.05) is 11.9 Å². The van der Waals surface area contributed by atoms with Crippen LogP contribution in [0.1, 0.15) is 20.8 Å². The monoisotopic (exact) mass is 357 g/mol. The molecule has 11 nitrogen and oxygen atoms in total. The number of rotatable bonds is 5. The van der Waals surface area contributed by atoms with E-state index >= 15 is 0 Å². The summed E-state index contributed by atoms with van der Waals surface area (Å²) >= 11 is 0. The Morgan fingerprint density at radius 3 is 2.77 bits per heavy atom. The molecule has 2 aromatic heterocycles. The first kappa shape index (κ1) is 17.0. The zero-order valence-corrected chi connectivity index (χ0v) is 13.6. The van der Waals surface area contributed by atoms with Crippen molar-refractivity contribution in [3.05, 3.63) is 35.8 Å². The summed E-state index contributed by atoms with van der Waals surface area (Å²) in [5.41, 5.74) is 5.79. The summed E-state index contributed by atoms with van der Waals surface area (Å²) in [7, 11) is 1.68. The highest BCUT2D eigenvalue weighted by Gasteiger charge is 2.18. The standard InChI is InChI=1S/C15H15N7O4/c1-22-10-2-7(3-11(23)8(10)4-19-22)14(25)20-9-5-18-21-13(9)15(26)17-6-12(16)24/h2-5,23H,6H2,1H3,(H2,16,24)(H,17,26)(H,18,21)(H,20,25). The van der Waals surface area contributed by atoms with Crippen LogP contribution in [-0.2, 0) is 11.8 Å². The number of H-pyrrole nitrogens is 1. The average molecular weight is 357 g/mol. The molecular formula is C15H15N7O4. The third-order valence-corrected chi connectivity index (χ3v) is 3.64. The van der Waals surface area contributed by atoms with Crippen molar-refractivity contribution < 1.29 is 19.5 Å². The SMILES string of the molecule is Cn1ncc2c(O)cc(C(=O)Nc3cn[nH]c3C(=O)NCC(N)=O)cc21. The van der Waals surface area contributed by atoms with Crippen molar-refractivity contribution in [1.29, 1.82) is 0 Å². The number of hydrogen-bond acceptors (Lipinski definition) is 6. The molecule has 0 aliphatic heterocycles. The second kappa shape index (κ2) is 6.55. The summed E-state index contributed by atoms with van der Waals surface area (Å²) in [6, 6.07) is 2.86. The van der Waals surface area contributed by atoms with Crippen LogP contribution in [0.2, 0.25) is 0 Å². The predicted molar refractivity (Wildman–Crippen MR) is 90.4 cm³/mol. The predicted octanol–water partition coefficient (Wildman–Crippen LogP) is -0.531. The summed E-state index contributed by atoms with van der Waals surface area (Å²) in [4.78, 5) is 35.2. The van der Waals surface area contributed by atoms with Gasteiger partial charge in [-0.2, -0.15) is 10.2 Å². The van der Waals surface area contributed by atoms with E-state index in [0.717, 1.165) is 0 Å². The largest absolute Gasteiger partial charge is 0.507 e. The molecular weight excluding hydrogens is 342 g/mol. The minimum absolute atomic E-state index is 0.0366. The molecule has 0 saturated heterocycles. The molecule has 3 rings (SSSR count). The number of aryl methyl sites for hydroxylation is 1. The molecule has 1 aromatic carbocycles. The molecule has 0 aliphatic carbocycles. The maximum Gasteiger partial charge on any atom is 0.271 e. The number of nitrogens with one attached hydrogen (secondary N) is 3. The van der Waals surface area contributed by atoms with E-state index in [4.69, 9.17) is 5.73 Å². The van der Waals surface area contributed by atoms with E-state index in [-0.39, 0.29) is 29.2 Å². The molecule has 0 saturated carbocycles. The number of fused-ring (bicyclic) bond motifs is 1. The van der Waals surface area contributed by atoms with Gasteiger partial charge in [-0.25, -0.2) is 0 Å². The Kier molecular flexibility index (Phi) is 4.27. The maximum atomic E-state index is 12.5. The third kappa shape index (κ3) is 3.17. The van der Waals surface area contributed by atoms with E-state index in [9.17, 15) is 19.5 Å². The highest BCUT2D eigenvalue weighted by atomic mass is 16.3. The van der Waals surface area contributed by atoms with E-state index in [2.05, 4.69) is 25.9 Å². The lowest BCUT2D eigenvalue weighted by atomic mass is 10.1. The number of aromatic nitrogens is 4. The molecule has 0 spiro atoms. The smallest absolute Gasteiger partial charge is 0.271 e. The molecule has 0 bridgehead atoms. The molecule has 0 radical (unpaired) electrons. The highest BCUT2D eigenvalue weighted by molar-refractivity contribution is 6.10. The van der Waals surface area contributed by atoms with Crippen LogP contribution < -0.4 is 16.4 Å². The van der Waals surface area contributed by atoms with Gasteiger partial charge in [0.25, 0.3) is 11.8 Å². The summed E-state index contributed by atoms with van der Waals surface area (Å²) in [6.07, 6.45) is 2.74. The Labute approximate surface area is 146 Å². The Balaban J connectivity index is 1.83. The molecule has 2 heterocycles. The number of aromatic amines is 1. The Bertz CT molecular complexity index is 1020. The Hall–Kier alpha value is -3.89. The van der Waals surface area contributed by atoms with Gasteiger partial charge in [-0.1, -0.05) is 0 Å². The van der Waals surface area contributed by atoms with Crippen LogP contribution in [-0.4, -0.2) is 49.4 Å². The zero-order valence-electron chi connectivity index (χ0n) is 13.6. The zero-order chi connectivity index (χ0) is 18.8. The fourth-order valence-electron chi connectivity index (χ4n) is 2.36. The maximum absolute atomic E-state index is 12.5. The van der Waals surface area contributed by atoms with Crippen molar-refractivity contribution in [2.24, 2.45) is 12.8 Å². The molecule has 11 heteroatoms. The lowest BCUT2D eigenvalue weighted by Crippen LogP contribution is -2.34. The number of phenols is 1. The van der Waals surface area contributed by atoms with Crippen LogP contribution in [0.4, 0.5) is 5.69 Å².